The molecule has 0 aliphatic heterocycles. The molecule has 0 spiro atoms. The number of allylic oxidation sites excluding steroid dienone is 1. The van der Waals surface area contributed by atoms with E-state index in [0.29, 0.717) is 28.1 Å². The van der Waals surface area contributed by atoms with Crippen LogP contribution >= 0.6 is 0 Å². The van der Waals surface area contributed by atoms with Crippen LogP contribution in [-0.4, -0.2) is 74.7 Å². The van der Waals surface area contributed by atoms with Crippen LogP contribution in [0.15, 0.2) is 84.6 Å². The molecule has 0 saturated carbocycles. The van der Waals surface area contributed by atoms with E-state index in [2.05, 4.69) is 23.9 Å². The largest absolute Gasteiger partial charge is 0.416 e. The predicted octanol–water partition coefficient (Wildman–Crippen LogP) is 5.32. The number of rotatable bonds is 6. The summed E-state index contributed by atoms with van der Waals surface area (Å²) < 4.78 is 42.3. The number of nitrogens with zero attached hydrogens (tertiary/aromatic N) is 3. The van der Waals surface area contributed by atoms with Crippen molar-refractivity contribution in [3.05, 3.63) is 95.7 Å². The van der Waals surface area contributed by atoms with Gasteiger partial charge in [-0.15, -0.1) is 0 Å². The second-order valence-electron chi connectivity index (χ2n) is 9.48. The Bertz CT molecular complexity index is 1330. The monoisotopic (exact) mass is 539 g/mol. The summed E-state index contributed by atoms with van der Waals surface area (Å²) in [6.07, 6.45) is 1.85. The molecule has 206 valence electrons. The van der Waals surface area contributed by atoms with E-state index in [0.717, 1.165) is 12.1 Å². The fourth-order valence-corrected chi connectivity index (χ4v) is 3.58. The van der Waals surface area contributed by atoms with Crippen LogP contribution in [0.3, 0.4) is 0 Å². The molecule has 0 aliphatic rings. The van der Waals surface area contributed by atoms with E-state index in [1.54, 1.807) is 48.5 Å². The molecule has 0 atom stereocenters. The standard InChI is InChI=1S/C20H15F3N2O.C10H21N3/c21-20(22,23)14-10-8-13(9-11-14)17-6-1-2-7-18(17)19(26)25-16-5-3-4-15(24)12-16;1-11(2)7-10(8-12(3)4)9-13(5)6/h1-12H,24H2,(H,25,26);7-9H,1-6H3/q;+2. The summed E-state index contributed by atoms with van der Waals surface area (Å²) in [5.74, 6) is -0.369. The zero-order chi connectivity index (χ0) is 29.2. The minimum atomic E-state index is -4.40. The number of nitrogen functional groups attached to an aromatic ring is 1. The topological polar surface area (TPSA) is 64.4 Å². The number of hydrogen-bond donors (Lipinski definition) is 2. The first kappa shape index (κ1) is 30.8. The zero-order valence-corrected chi connectivity index (χ0v) is 23.1. The van der Waals surface area contributed by atoms with Gasteiger partial charge in [0.05, 0.1) is 5.56 Å². The fraction of sp³-hybridized carbons (Fsp3) is 0.233. The van der Waals surface area contributed by atoms with Gasteiger partial charge in [-0.3, -0.25) is 4.79 Å². The van der Waals surface area contributed by atoms with Gasteiger partial charge in [0.15, 0.2) is 12.4 Å². The highest BCUT2D eigenvalue weighted by Gasteiger charge is 2.30. The highest BCUT2D eigenvalue weighted by atomic mass is 19.4. The molecule has 0 saturated heterocycles. The number of halogens is 3. The number of carbonyl (C=O) groups is 1. The second kappa shape index (κ2) is 13.9. The molecular formula is C30H36F3N5O+2. The smallest absolute Gasteiger partial charge is 0.399 e. The van der Waals surface area contributed by atoms with Gasteiger partial charge in [-0.25, -0.2) is 9.15 Å². The number of carbonyl (C=O) groups excluding carboxylic acids is 1. The molecule has 0 heterocycles. The third-order valence-corrected chi connectivity index (χ3v) is 5.06. The summed E-state index contributed by atoms with van der Waals surface area (Å²) in [4.78, 5) is 14.7. The number of benzene rings is 3. The van der Waals surface area contributed by atoms with Crippen molar-refractivity contribution in [3.8, 4) is 11.1 Å². The van der Waals surface area contributed by atoms with Crippen molar-refractivity contribution in [2.75, 3.05) is 53.3 Å². The van der Waals surface area contributed by atoms with Crippen LogP contribution in [-0.2, 0) is 6.18 Å². The summed E-state index contributed by atoms with van der Waals surface area (Å²) in [7, 11) is 12.1. The van der Waals surface area contributed by atoms with Crippen molar-refractivity contribution in [1.29, 1.82) is 0 Å². The highest BCUT2D eigenvalue weighted by Crippen LogP contribution is 2.32. The quantitative estimate of drug-likeness (QED) is 0.253. The van der Waals surface area contributed by atoms with E-state index < -0.39 is 11.7 Å². The molecule has 3 rings (SSSR count). The molecule has 9 heteroatoms. The lowest BCUT2D eigenvalue weighted by Crippen LogP contribution is -2.13. The average molecular weight is 540 g/mol. The van der Waals surface area contributed by atoms with Gasteiger partial charge in [0.25, 0.3) is 5.91 Å². The van der Waals surface area contributed by atoms with E-state index in [4.69, 9.17) is 5.73 Å². The van der Waals surface area contributed by atoms with E-state index in [1.165, 1.54) is 17.7 Å². The van der Waals surface area contributed by atoms with Crippen LogP contribution in [0.2, 0.25) is 0 Å². The van der Waals surface area contributed by atoms with Gasteiger partial charge in [-0.1, -0.05) is 36.4 Å². The van der Waals surface area contributed by atoms with Crippen LogP contribution in [0, 0.1) is 0 Å². The molecule has 0 aliphatic carbocycles. The van der Waals surface area contributed by atoms with Crippen molar-refractivity contribution in [2.24, 2.45) is 0 Å². The van der Waals surface area contributed by atoms with Crippen LogP contribution in [0.5, 0.6) is 0 Å². The van der Waals surface area contributed by atoms with Crippen molar-refractivity contribution in [3.63, 3.8) is 0 Å². The van der Waals surface area contributed by atoms with Gasteiger partial charge in [-0.2, -0.15) is 13.2 Å². The Balaban J connectivity index is 0.000000349. The van der Waals surface area contributed by atoms with E-state index in [1.807, 2.05) is 56.3 Å². The summed E-state index contributed by atoms with van der Waals surface area (Å²) in [6.45, 7) is 0. The Morgan fingerprint density at radius 1 is 0.872 bits per heavy atom. The zero-order valence-electron chi connectivity index (χ0n) is 23.1. The third-order valence-electron chi connectivity index (χ3n) is 5.06. The van der Waals surface area contributed by atoms with Crippen molar-refractivity contribution < 1.29 is 27.1 Å². The van der Waals surface area contributed by atoms with Crippen molar-refractivity contribution in [1.82, 2.24) is 4.90 Å². The SMILES string of the molecule is CN(C)C=C(C=[N+](C)C)C=[N+](C)C.Nc1cccc(NC(=O)c2ccccc2-c2ccc(C(F)(F)F)cc2)c1. The fourth-order valence-electron chi connectivity index (χ4n) is 3.58. The van der Waals surface area contributed by atoms with Gasteiger partial charge < -0.3 is 16.0 Å². The third kappa shape index (κ3) is 10.5. The molecule has 0 aromatic heterocycles. The molecule has 0 radical (unpaired) electrons. The Hall–Kier alpha value is -4.40. The molecule has 39 heavy (non-hydrogen) atoms. The maximum absolute atomic E-state index is 12.7. The van der Waals surface area contributed by atoms with Crippen LogP contribution in [0.25, 0.3) is 11.1 Å². The summed E-state index contributed by atoms with van der Waals surface area (Å²) in [5.41, 5.74) is 8.62. The van der Waals surface area contributed by atoms with Crippen LogP contribution in [0.1, 0.15) is 15.9 Å². The Morgan fingerprint density at radius 3 is 1.97 bits per heavy atom. The molecule has 3 N–H and O–H groups in total. The number of alkyl halides is 3. The minimum Gasteiger partial charge on any atom is -0.399 e. The Kier molecular flexibility index (Phi) is 11.0. The maximum Gasteiger partial charge on any atom is 0.416 e. The molecular weight excluding hydrogens is 503 g/mol. The Labute approximate surface area is 228 Å². The van der Waals surface area contributed by atoms with Crippen LogP contribution in [0.4, 0.5) is 24.5 Å². The predicted molar refractivity (Wildman–Crippen MR) is 154 cm³/mol. The maximum atomic E-state index is 12.7. The van der Waals surface area contributed by atoms with Crippen molar-refractivity contribution >= 4 is 29.7 Å². The van der Waals surface area contributed by atoms with E-state index in [9.17, 15) is 18.0 Å². The first-order valence-corrected chi connectivity index (χ1v) is 12.1. The summed E-state index contributed by atoms with van der Waals surface area (Å²) >= 11 is 0. The van der Waals surface area contributed by atoms with Gasteiger partial charge in [0, 0.05) is 37.2 Å². The van der Waals surface area contributed by atoms with Gasteiger partial charge in [0.2, 0.25) is 0 Å². The van der Waals surface area contributed by atoms with Gasteiger partial charge >= 0.3 is 6.18 Å². The second-order valence-corrected chi connectivity index (χ2v) is 9.48. The van der Waals surface area contributed by atoms with Gasteiger partial charge in [0.1, 0.15) is 33.8 Å². The normalized spacial score (nSPS) is 10.4. The summed E-state index contributed by atoms with van der Waals surface area (Å²) in [5, 5.41) is 2.75. The average Bonchev–Trinajstić information content (AvgIpc) is 2.83. The molecule has 0 unspecified atom stereocenters. The van der Waals surface area contributed by atoms with E-state index >= 15 is 0 Å². The molecule has 0 fully saturated rings. The molecule has 1 amide bonds. The molecule has 0 bridgehead atoms. The minimum absolute atomic E-state index is 0.356. The highest BCUT2D eigenvalue weighted by molar-refractivity contribution is 6.08. The Morgan fingerprint density at radius 2 is 1.46 bits per heavy atom. The molecule has 3 aromatic carbocycles. The molecule has 3 aromatic rings. The van der Waals surface area contributed by atoms with Crippen LogP contribution < -0.4 is 11.1 Å². The lowest BCUT2D eigenvalue weighted by molar-refractivity contribution is -0.462. The number of nitrogens with two attached hydrogens (primary N) is 1. The molecule has 6 nitrogen and oxygen atoms in total. The van der Waals surface area contributed by atoms with Gasteiger partial charge in [-0.05, 0) is 47.5 Å². The number of amides is 1. The lowest BCUT2D eigenvalue weighted by Gasteiger charge is -2.12. The lowest BCUT2D eigenvalue weighted by atomic mass is 9.98. The number of hydrogen-bond acceptors (Lipinski definition) is 3. The first-order valence-electron chi connectivity index (χ1n) is 12.1. The number of anilines is 2. The summed E-state index contributed by atoms with van der Waals surface area (Å²) in [6, 6.07) is 18.2. The van der Waals surface area contributed by atoms with E-state index in [-0.39, 0.29) is 5.91 Å². The number of nitrogens with one attached hydrogen (secondary N) is 1. The van der Waals surface area contributed by atoms with Crippen molar-refractivity contribution in [2.45, 2.75) is 6.18 Å². The first-order chi connectivity index (χ1) is 18.3.